The SMILES string of the molecule is Cc1nn(Cc2ccccc2)c(C)c1NS(=O)(=O)c1cccs1. The van der Waals surface area contributed by atoms with Crippen molar-refractivity contribution in [2.24, 2.45) is 0 Å². The predicted octanol–water partition coefficient (Wildman–Crippen LogP) is 3.41. The highest BCUT2D eigenvalue weighted by molar-refractivity contribution is 7.94. The molecule has 0 amide bonds. The zero-order chi connectivity index (χ0) is 16.4. The van der Waals surface area contributed by atoms with E-state index in [2.05, 4.69) is 9.82 Å². The Balaban J connectivity index is 1.90. The van der Waals surface area contributed by atoms with E-state index < -0.39 is 10.0 Å². The Kier molecular flexibility index (Phi) is 4.23. The summed E-state index contributed by atoms with van der Waals surface area (Å²) in [4.78, 5) is 0. The maximum atomic E-state index is 12.4. The van der Waals surface area contributed by atoms with Crippen LogP contribution in [0.4, 0.5) is 5.69 Å². The van der Waals surface area contributed by atoms with E-state index in [-0.39, 0.29) is 0 Å². The number of aryl methyl sites for hydroxylation is 1. The van der Waals surface area contributed by atoms with Gasteiger partial charge in [0.15, 0.2) is 0 Å². The fraction of sp³-hybridized carbons (Fsp3) is 0.188. The van der Waals surface area contributed by atoms with Crippen LogP contribution in [0.1, 0.15) is 17.0 Å². The van der Waals surface area contributed by atoms with E-state index in [9.17, 15) is 8.42 Å². The van der Waals surface area contributed by atoms with Gasteiger partial charge in [-0.1, -0.05) is 36.4 Å². The summed E-state index contributed by atoms with van der Waals surface area (Å²) in [5.74, 6) is 0. The second-order valence-corrected chi connectivity index (χ2v) is 8.08. The Morgan fingerprint density at radius 3 is 2.52 bits per heavy atom. The first-order valence-corrected chi connectivity index (χ1v) is 9.48. The number of sulfonamides is 1. The highest BCUT2D eigenvalue weighted by atomic mass is 32.2. The molecule has 120 valence electrons. The van der Waals surface area contributed by atoms with Crippen LogP contribution in [0.3, 0.4) is 0 Å². The van der Waals surface area contributed by atoms with Gasteiger partial charge in [0.2, 0.25) is 0 Å². The van der Waals surface area contributed by atoms with Crippen LogP contribution in [0.2, 0.25) is 0 Å². The van der Waals surface area contributed by atoms with E-state index in [4.69, 9.17) is 0 Å². The Morgan fingerprint density at radius 2 is 1.87 bits per heavy atom. The summed E-state index contributed by atoms with van der Waals surface area (Å²) in [5, 5.41) is 6.21. The van der Waals surface area contributed by atoms with Gasteiger partial charge in [-0.2, -0.15) is 5.10 Å². The van der Waals surface area contributed by atoms with Crippen LogP contribution in [-0.2, 0) is 16.6 Å². The maximum absolute atomic E-state index is 12.4. The molecule has 0 fully saturated rings. The average molecular weight is 347 g/mol. The fourth-order valence-corrected chi connectivity index (χ4v) is 4.53. The van der Waals surface area contributed by atoms with E-state index in [0.29, 0.717) is 22.1 Å². The molecule has 0 aliphatic heterocycles. The molecule has 0 unspecified atom stereocenters. The van der Waals surface area contributed by atoms with Crippen LogP contribution in [0.25, 0.3) is 0 Å². The van der Waals surface area contributed by atoms with Crippen LogP contribution in [0.5, 0.6) is 0 Å². The third-order valence-electron chi connectivity index (χ3n) is 3.55. The second kappa shape index (κ2) is 6.17. The molecule has 7 heteroatoms. The summed E-state index contributed by atoms with van der Waals surface area (Å²) in [6, 6.07) is 13.3. The van der Waals surface area contributed by atoms with Gasteiger partial charge in [-0.15, -0.1) is 11.3 Å². The molecular weight excluding hydrogens is 330 g/mol. The van der Waals surface area contributed by atoms with Crippen LogP contribution in [0, 0.1) is 13.8 Å². The van der Waals surface area contributed by atoms with E-state index in [1.165, 1.54) is 11.3 Å². The van der Waals surface area contributed by atoms with E-state index in [1.807, 2.05) is 41.9 Å². The molecule has 0 bridgehead atoms. The van der Waals surface area contributed by atoms with Crippen molar-refractivity contribution < 1.29 is 8.42 Å². The molecule has 2 aromatic heterocycles. The zero-order valence-corrected chi connectivity index (χ0v) is 14.5. The molecule has 1 N–H and O–H groups in total. The quantitative estimate of drug-likeness (QED) is 0.769. The minimum Gasteiger partial charge on any atom is -0.275 e. The summed E-state index contributed by atoms with van der Waals surface area (Å²) in [7, 11) is -3.56. The van der Waals surface area contributed by atoms with Gasteiger partial charge in [-0.3, -0.25) is 9.40 Å². The maximum Gasteiger partial charge on any atom is 0.271 e. The summed E-state index contributed by atoms with van der Waals surface area (Å²) < 4.78 is 29.6. The molecule has 2 heterocycles. The number of rotatable bonds is 5. The number of thiophene rings is 1. The van der Waals surface area contributed by atoms with Gasteiger partial charge >= 0.3 is 0 Å². The molecule has 1 aromatic carbocycles. The minimum atomic E-state index is -3.56. The number of nitrogens with zero attached hydrogens (tertiary/aromatic N) is 2. The van der Waals surface area contributed by atoms with Crippen LogP contribution < -0.4 is 4.72 Å². The first-order chi connectivity index (χ1) is 11.0. The standard InChI is InChI=1S/C16H17N3O2S2/c1-12-16(18-23(20,21)15-9-6-10-22-15)13(2)19(17-12)11-14-7-4-3-5-8-14/h3-10,18H,11H2,1-2H3. The highest BCUT2D eigenvalue weighted by Crippen LogP contribution is 2.25. The van der Waals surface area contributed by atoms with E-state index in [0.717, 1.165) is 11.3 Å². The van der Waals surface area contributed by atoms with Gasteiger partial charge in [0.1, 0.15) is 4.21 Å². The zero-order valence-electron chi connectivity index (χ0n) is 12.9. The molecule has 3 rings (SSSR count). The van der Waals surface area contributed by atoms with Crippen molar-refractivity contribution in [3.05, 3.63) is 64.8 Å². The molecule has 0 saturated carbocycles. The lowest BCUT2D eigenvalue weighted by Crippen LogP contribution is -2.13. The van der Waals surface area contributed by atoms with Crippen molar-refractivity contribution in [1.82, 2.24) is 9.78 Å². The normalized spacial score (nSPS) is 11.6. The van der Waals surface area contributed by atoms with Gasteiger partial charge in [-0.25, -0.2) is 8.42 Å². The lowest BCUT2D eigenvalue weighted by molar-refractivity contribution is 0.603. The lowest BCUT2D eigenvalue weighted by atomic mass is 10.2. The number of nitrogens with one attached hydrogen (secondary N) is 1. The smallest absolute Gasteiger partial charge is 0.271 e. The summed E-state index contributed by atoms with van der Waals surface area (Å²) in [6.07, 6.45) is 0. The fourth-order valence-electron chi connectivity index (χ4n) is 2.36. The summed E-state index contributed by atoms with van der Waals surface area (Å²) in [6.45, 7) is 4.28. The average Bonchev–Trinajstić information content (AvgIpc) is 3.14. The number of hydrogen-bond acceptors (Lipinski definition) is 4. The molecule has 0 spiro atoms. The first-order valence-electron chi connectivity index (χ1n) is 7.11. The molecule has 3 aromatic rings. The molecule has 0 aliphatic carbocycles. The summed E-state index contributed by atoms with van der Waals surface area (Å²) >= 11 is 1.19. The molecule has 5 nitrogen and oxygen atoms in total. The van der Waals surface area contributed by atoms with Crippen molar-refractivity contribution in [1.29, 1.82) is 0 Å². The monoisotopic (exact) mass is 347 g/mol. The number of hydrogen-bond donors (Lipinski definition) is 1. The topological polar surface area (TPSA) is 64.0 Å². The third kappa shape index (κ3) is 3.30. The molecule has 0 radical (unpaired) electrons. The van der Waals surface area contributed by atoms with Crippen molar-refractivity contribution in [3.8, 4) is 0 Å². The van der Waals surface area contributed by atoms with Crippen LogP contribution in [0.15, 0.2) is 52.1 Å². The molecule has 0 aliphatic rings. The second-order valence-electron chi connectivity index (χ2n) is 5.23. The van der Waals surface area contributed by atoms with Crippen molar-refractivity contribution >= 4 is 27.0 Å². The van der Waals surface area contributed by atoms with Gasteiger partial charge in [0.05, 0.1) is 23.6 Å². The predicted molar refractivity (Wildman–Crippen MR) is 92.4 cm³/mol. The Bertz CT molecular complexity index is 898. The Hall–Kier alpha value is -2.12. The third-order valence-corrected chi connectivity index (χ3v) is 6.30. The van der Waals surface area contributed by atoms with E-state index in [1.54, 1.807) is 24.4 Å². The van der Waals surface area contributed by atoms with Crippen molar-refractivity contribution in [2.45, 2.75) is 24.6 Å². The molecule has 0 saturated heterocycles. The van der Waals surface area contributed by atoms with Crippen molar-refractivity contribution in [2.75, 3.05) is 4.72 Å². The van der Waals surface area contributed by atoms with Gasteiger partial charge in [-0.05, 0) is 30.9 Å². The number of aromatic nitrogens is 2. The van der Waals surface area contributed by atoms with Crippen LogP contribution >= 0.6 is 11.3 Å². The molecule has 0 atom stereocenters. The Morgan fingerprint density at radius 1 is 1.13 bits per heavy atom. The summed E-state index contributed by atoms with van der Waals surface area (Å²) in [5.41, 5.74) is 3.13. The van der Waals surface area contributed by atoms with E-state index >= 15 is 0 Å². The largest absolute Gasteiger partial charge is 0.275 e. The lowest BCUT2D eigenvalue weighted by Gasteiger charge is -2.08. The van der Waals surface area contributed by atoms with Crippen LogP contribution in [-0.4, -0.2) is 18.2 Å². The Labute approximate surface area is 139 Å². The first kappa shape index (κ1) is 15.8. The van der Waals surface area contributed by atoms with Crippen molar-refractivity contribution in [3.63, 3.8) is 0 Å². The van der Waals surface area contributed by atoms with Gasteiger partial charge in [0.25, 0.3) is 10.0 Å². The van der Waals surface area contributed by atoms with Gasteiger partial charge < -0.3 is 0 Å². The molecule has 23 heavy (non-hydrogen) atoms. The highest BCUT2D eigenvalue weighted by Gasteiger charge is 2.20. The number of benzene rings is 1. The van der Waals surface area contributed by atoms with Gasteiger partial charge in [0, 0.05) is 0 Å². The number of anilines is 1. The minimum absolute atomic E-state index is 0.298. The molecular formula is C16H17N3O2S2.